The summed E-state index contributed by atoms with van der Waals surface area (Å²) in [5.41, 5.74) is 0.620. The number of hydrogen-bond acceptors (Lipinski definition) is 4. The van der Waals surface area contributed by atoms with Crippen molar-refractivity contribution in [2.24, 2.45) is 0 Å². The fourth-order valence-corrected chi connectivity index (χ4v) is 0.924. The van der Waals surface area contributed by atoms with Crippen LogP contribution in [-0.2, 0) is 19.1 Å². The van der Waals surface area contributed by atoms with Gasteiger partial charge in [-0.1, -0.05) is 18.7 Å². The molecule has 1 heterocycles. The smallest absolute Gasteiger partial charge is 0.333 e. The minimum Gasteiger partial charge on any atom is -0.481 e. The lowest BCUT2D eigenvalue weighted by molar-refractivity contribution is -0.136. The molecule has 1 unspecified atom stereocenters. The van der Waals surface area contributed by atoms with Crippen LogP contribution in [-0.4, -0.2) is 36.9 Å². The largest absolute Gasteiger partial charge is 0.481 e. The number of methoxy groups -OCH3 is 1. The van der Waals surface area contributed by atoms with Crippen LogP contribution in [0.1, 0.15) is 13.3 Å². The molecule has 5 heteroatoms. The van der Waals surface area contributed by atoms with Gasteiger partial charge in [-0.3, -0.25) is 4.79 Å². The molecule has 5 nitrogen and oxygen atoms in total. The summed E-state index contributed by atoms with van der Waals surface area (Å²) in [6.07, 6.45) is 4.07. The molecule has 1 saturated heterocycles. The van der Waals surface area contributed by atoms with Crippen molar-refractivity contribution in [2.45, 2.75) is 19.4 Å². The Kier molecular flexibility index (Phi) is 6.87. The van der Waals surface area contributed by atoms with Gasteiger partial charge in [-0.25, -0.2) is 4.79 Å². The number of carboxylic acid groups (broad SMARTS) is 1. The maximum atomic E-state index is 11.1. The monoisotopic (exact) mass is 228 g/mol. The van der Waals surface area contributed by atoms with E-state index in [-0.39, 0.29) is 12.1 Å². The summed E-state index contributed by atoms with van der Waals surface area (Å²) in [6, 6.07) is 0. The average Bonchev–Trinajstić information content (AvgIpc) is 2.99. The molecule has 0 saturated carbocycles. The third kappa shape index (κ3) is 7.75. The zero-order valence-electron chi connectivity index (χ0n) is 9.43. The van der Waals surface area contributed by atoms with Crippen LogP contribution in [0, 0.1) is 0 Å². The molecular formula is C11H16O5. The van der Waals surface area contributed by atoms with Crippen molar-refractivity contribution >= 4 is 11.9 Å². The average molecular weight is 228 g/mol. The Labute approximate surface area is 94.4 Å². The Morgan fingerprint density at radius 2 is 2.12 bits per heavy atom. The first kappa shape index (κ1) is 14.4. The topological polar surface area (TPSA) is 76.1 Å². The van der Waals surface area contributed by atoms with Crippen LogP contribution in [0.2, 0.25) is 0 Å². The predicted octanol–water partition coefficient (Wildman–Crippen LogP) is 1.15. The highest BCUT2D eigenvalue weighted by Gasteiger charge is 2.26. The summed E-state index contributed by atoms with van der Waals surface area (Å²) < 4.78 is 9.58. The van der Waals surface area contributed by atoms with Crippen LogP contribution in [0.4, 0.5) is 0 Å². The molecule has 0 aliphatic carbocycles. The van der Waals surface area contributed by atoms with Crippen molar-refractivity contribution in [2.75, 3.05) is 13.7 Å². The lowest BCUT2D eigenvalue weighted by Crippen LogP contribution is -2.06. The molecule has 0 radical (unpaired) electrons. The summed E-state index contributed by atoms with van der Waals surface area (Å²) in [7, 11) is 1.37. The minimum absolute atomic E-state index is 0.204. The molecule has 1 aliphatic rings. The molecule has 1 atom stereocenters. The van der Waals surface area contributed by atoms with Gasteiger partial charge >= 0.3 is 5.97 Å². The molecule has 0 aromatic carbocycles. The van der Waals surface area contributed by atoms with E-state index in [0.29, 0.717) is 12.0 Å². The highest BCUT2D eigenvalue weighted by atomic mass is 16.6. The minimum atomic E-state index is -0.833. The third-order valence-corrected chi connectivity index (χ3v) is 1.62. The van der Waals surface area contributed by atoms with Gasteiger partial charge in [-0.2, -0.15) is 0 Å². The first-order valence-electron chi connectivity index (χ1n) is 4.72. The van der Waals surface area contributed by atoms with Gasteiger partial charge in [0.05, 0.1) is 19.8 Å². The zero-order valence-corrected chi connectivity index (χ0v) is 9.43. The molecule has 16 heavy (non-hydrogen) atoms. The number of aliphatic carboxylic acids is 1. The van der Waals surface area contributed by atoms with Crippen molar-refractivity contribution in [3.8, 4) is 0 Å². The van der Waals surface area contributed by atoms with Gasteiger partial charge in [0, 0.05) is 18.9 Å². The Morgan fingerprint density at radius 1 is 1.62 bits per heavy atom. The zero-order chi connectivity index (χ0) is 12.6. The second-order valence-corrected chi connectivity index (χ2v) is 3.10. The first-order valence-corrected chi connectivity index (χ1v) is 4.72. The standard InChI is InChI=1S/C9H12O3.C2H4O2/c1-3-4-7(9(10)11-2)5-8-6-12-8;1-2(3)4/h3-4,8H,1,5-6H2,2H3;1H3,(H,3,4). The van der Waals surface area contributed by atoms with E-state index >= 15 is 0 Å². The Morgan fingerprint density at radius 3 is 2.44 bits per heavy atom. The van der Waals surface area contributed by atoms with E-state index in [4.69, 9.17) is 14.6 Å². The van der Waals surface area contributed by atoms with Crippen molar-refractivity contribution in [1.82, 2.24) is 0 Å². The number of carbonyl (C=O) groups excluding carboxylic acids is 1. The van der Waals surface area contributed by atoms with Gasteiger partial charge in [-0.05, 0) is 0 Å². The quantitative estimate of drug-likeness (QED) is 0.338. The third-order valence-electron chi connectivity index (χ3n) is 1.62. The number of allylic oxidation sites excluding steroid dienone is 2. The summed E-state index contributed by atoms with van der Waals surface area (Å²) >= 11 is 0. The molecule has 0 aromatic heterocycles. The predicted molar refractivity (Wildman–Crippen MR) is 58.0 cm³/mol. The SMILES string of the molecule is C=CC=C(CC1CO1)C(=O)OC.CC(=O)O. The number of esters is 1. The molecule has 0 bridgehead atoms. The molecule has 0 spiro atoms. The fraction of sp³-hybridized carbons (Fsp3) is 0.455. The van der Waals surface area contributed by atoms with Gasteiger partial charge in [0.15, 0.2) is 0 Å². The fourth-order valence-electron chi connectivity index (χ4n) is 0.924. The highest BCUT2D eigenvalue weighted by Crippen LogP contribution is 2.19. The summed E-state index contributed by atoms with van der Waals surface area (Å²) in [5, 5.41) is 7.42. The Balaban J connectivity index is 0.000000487. The Bertz CT molecular complexity index is 285. The maximum Gasteiger partial charge on any atom is 0.333 e. The van der Waals surface area contributed by atoms with Crippen LogP contribution in [0.5, 0.6) is 0 Å². The van der Waals surface area contributed by atoms with E-state index in [0.717, 1.165) is 13.5 Å². The first-order chi connectivity index (χ1) is 7.51. The van der Waals surface area contributed by atoms with E-state index in [1.54, 1.807) is 12.2 Å². The van der Waals surface area contributed by atoms with Gasteiger partial charge in [0.25, 0.3) is 5.97 Å². The number of hydrogen-bond donors (Lipinski definition) is 1. The van der Waals surface area contributed by atoms with Crippen LogP contribution in [0.25, 0.3) is 0 Å². The van der Waals surface area contributed by atoms with Gasteiger partial charge in [0.2, 0.25) is 0 Å². The van der Waals surface area contributed by atoms with E-state index in [1.807, 2.05) is 0 Å². The van der Waals surface area contributed by atoms with Crippen LogP contribution in [0.15, 0.2) is 24.3 Å². The second kappa shape index (κ2) is 7.64. The van der Waals surface area contributed by atoms with Crippen molar-refractivity contribution in [3.05, 3.63) is 24.3 Å². The van der Waals surface area contributed by atoms with Crippen molar-refractivity contribution in [3.63, 3.8) is 0 Å². The van der Waals surface area contributed by atoms with Crippen molar-refractivity contribution in [1.29, 1.82) is 0 Å². The van der Waals surface area contributed by atoms with Gasteiger partial charge in [-0.15, -0.1) is 0 Å². The maximum absolute atomic E-state index is 11.1. The number of carboxylic acids is 1. The van der Waals surface area contributed by atoms with Crippen LogP contribution in [0.3, 0.4) is 0 Å². The van der Waals surface area contributed by atoms with Gasteiger partial charge in [0.1, 0.15) is 0 Å². The molecule has 0 aromatic rings. The van der Waals surface area contributed by atoms with Crippen molar-refractivity contribution < 1.29 is 24.2 Å². The molecule has 0 amide bonds. The molecule has 1 N–H and O–H groups in total. The molecule has 1 fully saturated rings. The van der Waals surface area contributed by atoms with E-state index < -0.39 is 5.97 Å². The molecular weight excluding hydrogens is 212 g/mol. The highest BCUT2D eigenvalue weighted by molar-refractivity contribution is 5.88. The summed E-state index contributed by atoms with van der Waals surface area (Å²) in [4.78, 5) is 20.1. The molecule has 1 aliphatic heterocycles. The lowest BCUT2D eigenvalue weighted by atomic mass is 10.1. The normalized spacial score (nSPS) is 17.9. The van der Waals surface area contributed by atoms with E-state index in [1.165, 1.54) is 7.11 Å². The summed E-state index contributed by atoms with van der Waals surface area (Å²) in [6.45, 7) is 5.34. The second-order valence-electron chi connectivity index (χ2n) is 3.10. The van der Waals surface area contributed by atoms with E-state index in [9.17, 15) is 4.79 Å². The Hall–Kier alpha value is -1.62. The summed E-state index contributed by atoms with van der Waals surface area (Å²) in [5.74, 6) is -1.13. The number of carbonyl (C=O) groups is 2. The van der Waals surface area contributed by atoms with Crippen LogP contribution >= 0.6 is 0 Å². The van der Waals surface area contributed by atoms with E-state index in [2.05, 4.69) is 11.3 Å². The molecule has 1 rings (SSSR count). The number of epoxide rings is 1. The lowest BCUT2D eigenvalue weighted by Gasteiger charge is -2.00. The molecule has 90 valence electrons. The number of rotatable bonds is 4. The van der Waals surface area contributed by atoms with Gasteiger partial charge < -0.3 is 14.6 Å². The van der Waals surface area contributed by atoms with Crippen LogP contribution < -0.4 is 0 Å². The number of ether oxygens (including phenoxy) is 2.